The topological polar surface area (TPSA) is 125 Å². The van der Waals surface area contributed by atoms with E-state index in [2.05, 4.69) is 5.32 Å². The van der Waals surface area contributed by atoms with Gasteiger partial charge in [0, 0.05) is 6.54 Å². The van der Waals surface area contributed by atoms with Crippen molar-refractivity contribution in [1.82, 2.24) is 5.32 Å². The molecule has 1 rings (SSSR count). The third-order valence-electron chi connectivity index (χ3n) is 2.82. The van der Waals surface area contributed by atoms with E-state index in [0.717, 1.165) is 0 Å². The Morgan fingerprint density at radius 1 is 1.22 bits per heavy atom. The normalized spacial score (nSPS) is 16.1. The van der Waals surface area contributed by atoms with E-state index in [1.54, 1.807) is 0 Å². The SMILES string of the molecule is C1CCCCC1.N=C(N)NCCC[C@H](N)C(=O)O. The Balaban J connectivity index is 0.000000397. The Kier molecular flexibility index (Phi) is 10.0. The molecule has 106 valence electrons. The number of aliphatic carboxylic acids is 1. The number of guanidine groups is 1. The molecular weight excluding hydrogens is 232 g/mol. The quantitative estimate of drug-likeness (QED) is 0.286. The number of carbonyl (C=O) groups is 1. The van der Waals surface area contributed by atoms with Crippen molar-refractivity contribution in [1.29, 1.82) is 5.41 Å². The van der Waals surface area contributed by atoms with Gasteiger partial charge >= 0.3 is 5.97 Å². The molecule has 1 saturated carbocycles. The summed E-state index contributed by atoms with van der Waals surface area (Å²) in [6, 6.07) is -0.821. The van der Waals surface area contributed by atoms with Crippen LogP contribution in [0.25, 0.3) is 0 Å². The molecular formula is C12H26N4O2. The van der Waals surface area contributed by atoms with Gasteiger partial charge in [0.05, 0.1) is 0 Å². The largest absolute Gasteiger partial charge is 0.480 e. The minimum Gasteiger partial charge on any atom is -0.480 e. The van der Waals surface area contributed by atoms with Crippen molar-refractivity contribution in [3.63, 3.8) is 0 Å². The van der Waals surface area contributed by atoms with Crippen LogP contribution < -0.4 is 16.8 Å². The molecule has 0 unspecified atom stereocenters. The van der Waals surface area contributed by atoms with Crippen molar-refractivity contribution in [2.45, 2.75) is 57.4 Å². The van der Waals surface area contributed by atoms with Crippen molar-refractivity contribution in [2.75, 3.05) is 6.54 Å². The highest BCUT2D eigenvalue weighted by Crippen LogP contribution is 2.15. The zero-order chi connectivity index (χ0) is 13.8. The number of hydrogen-bond donors (Lipinski definition) is 5. The highest BCUT2D eigenvalue weighted by Gasteiger charge is 2.09. The number of nitrogens with one attached hydrogen (secondary N) is 2. The van der Waals surface area contributed by atoms with E-state index < -0.39 is 12.0 Å². The smallest absolute Gasteiger partial charge is 0.320 e. The van der Waals surface area contributed by atoms with Crippen LogP contribution in [0.5, 0.6) is 0 Å². The molecule has 6 nitrogen and oxygen atoms in total. The summed E-state index contributed by atoms with van der Waals surface area (Å²) in [7, 11) is 0. The zero-order valence-corrected chi connectivity index (χ0v) is 11.0. The molecule has 1 fully saturated rings. The minimum atomic E-state index is -1.00. The molecule has 0 aromatic rings. The maximum absolute atomic E-state index is 10.2. The van der Waals surface area contributed by atoms with Crippen LogP contribution in [0.4, 0.5) is 0 Å². The molecule has 0 aromatic heterocycles. The summed E-state index contributed by atoms with van der Waals surface area (Å²) in [5.74, 6) is -1.11. The maximum Gasteiger partial charge on any atom is 0.320 e. The molecule has 0 aliphatic heterocycles. The fourth-order valence-electron chi connectivity index (χ4n) is 1.73. The second-order valence-corrected chi connectivity index (χ2v) is 4.55. The van der Waals surface area contributed by atoms with Crippen LogP contribution in [0.1, 0.15) is 51.4 Å². The second-order valence-electron chi connectivity index (χ2n) is 4.55. The standard InChI is InChI=1S/C6H14N4O2.C6H12/c7-4(5(11)12)2-1-3-10-6(8)9;1-2-4-6-5-3-1/h4H,1-3,7H2,(H,11,12)(H4,8,9,10);1-6H2/t4-;/m0./s1. The fourth-order valence-corrected chi connectivity index (χ4v) is 1.73. The van der Waals surface area contributed by atoms with Crippen molar-refractivity contribution < 1.29 is 9.90 Å². The summed E-state index contributed by atoms with van der Waals surface area (Å²) in [4.78, 5) is 10.2. The van der Waals surface area contributed by atoms with Gasteiger partial charge in [0.15, 0.2) is 5.96 Å². The van der Waals surface area contributed by atoms with Crippen LogP contribution in [-0.2, 0) is 4.79 Å². The first kappa shape index (κ1) is 16.7. The average molecular weight is 258 g/mol. The Labute approximate surface area is 109 Å². The highest BCUT2D eigenvalue weighted by molar-refractivity contribution is 5.74. The highest BCUT2D eigenvalue weighted by atomic mass is 16.4. The van der Waals surface area contributed by atoms with E-state index in [1.165, 1.54) is 38.5 Å². The first-order valence-corrected chi connectivity index (χ1v) is 6.60. The Morgan fingerprint density at radius 3 is 2.00 bits per heavy atom. The van der Waals surface area contributed by atoms with E-state index in [1.807, 2.05) is 0 Å². The van der Waals surface area contributed by atoms with Crippen LogP contribution in [0.15, 0.2) is 0 Å². The van der Waals surface area contributed by atoms with Crippen LogP contribution in [0.3, 0.4) is 0 Å². The zero-order valence-electron chi connectivity index (χ0n) is 11.0. The predicted octanol–water partition coefficient (Wildman–Crippen LogP) is 1.00. The van der Waals surface area contributed by atoms with Crippen molar-refractivity contribution in [2.24, 2.45) is 11.5 Å². The van der Waals surface area contributed by atoms with Crippen LogP contribution in [-0.4, -0.2) is 29.6 Å². The minimum absolute atomic E-state index is 0.112. The summed E-state index contributed by atoms with van der Waals surface area (Å²) in [5, 5.41) is 17.7. The number of carboxylic acid groups (broad SMARTS) is 1. The molecule has 1 atom stereocenters. The molecule has 6 heteroatoms. The number of hydrogen-bond acceptors (Lipinski definition) is 3. The summed E-state index contributed by atoms with van der Waals surface area (Å²) in [6.45, 7) is 0.482. The Bertz CT molecular complexity index is 231. The molecule has 0 saturated heterocycles. The van der Waals surface area contributed by atoms with Gasteiger partial charge in [-0.3, -0.25) is 10.2 Å². The molecule has 7 N–H and O–H groups in total. The van der Waals surface area contributed by atoms with E-state index in [-0.39, 0.29) is 5.96 Å². The molecule has 0 amide bonds. The third kappa shape index (κ3) is 11.2. The molecule has 0 spiro atoms. The second kappa shape index (κ2) is 10.8. The molecule has 0 heterocycles. The molecule has 0 aromatic carbocycles. The lowest BCUT2D eigenvalue weighted by Gasteiger charge is -2.06. The van der Waals surface area contributed by atoms with E-state index in [0.29, 0.717) is 19.4 Å². The number of carboxylic acids is 1. The molecule has 1 aliphatic carbocycles. The monoisotopic (exact) mass is 258 g/mol. The molecule has 0 bridgehead atoms. The summed E-state index contributed by atoms with van der Waals surface area (Å²) >= 11 is 0. The van der Waals surface area contributed by atoms with Crippen molar-refractivity contribution in [3.05, 3.63) is 0 Å². The lowest BCUT2D eigenvalue weighted by atomic mass is 10.0. The summed E-state index contributed by atoms with van der Waals surface area (Å²) in [6.07, 6.45) is 9.97. The summed E-state index contributed by atoms with van der Waals surface area (Å²) in [5.41, 5.74) is 10.2. The third-order valence-corrected chi connectivity index (χ3v) is 2.82. The van der Waals surface area contributed by atoms with Crippen LogP contribution >= 0.6 is 0 Å². The first-order valence-electron chi connectivity index (χ1n) is 6.60. The van der Waals surface area contributed by atoms with Crippen molar-refractivity contribution >= 4 is 11.9 Å². The molecule has 18 heavy (non-hydrogen) atoms. The Hall–Kier alpha value is -1.30. The lowest BCUT2D eigenvalue weighted by Crippen LogP contribution is -2.34. The number of rotatable bonds is 5. The first-order chi connectivity index (χ1) is 8.54. The lowest BCUT2D eigenvalue weighted by molar-refractivity contribution is -0.138. The van der Waals surface area contributed by atoms with Gasteiger partial charge in [-0.15, -0.1) is 0 Å². The summed E-state index contributed by atoms with van der Waals surface area (Å²) < 4.78 is 0. The van der Waals surface area contributed by atoms with Gasteiger partial charge in [-0.05, 0) is 12.8 Å². The van der Waals surface area contributed by atoms with Gasteiger partial charge in [-0.25, -0.2) is 0 Å². The van der Waals surface area contributed by atoms with Gasteiger partial charge in [0.2, 0.25) is 0 Å². The average Bonchev–Trinajstić information content (AvgIpc) is 2.37. The Morgan fingerprint density at radius 2 is 1.67 bits per heavy atom. The number of nitrogens with two attached hydrogens (primary N) is 2. The van der Waals surface area contributed by atoms with Crippen LogP contribution in [0.2, 0.25) is 0 Å². The van der Waals surface area contributed by atoms with Gasteiger partial charge in [-0.1, -0.05) is 38.5 Å². The molecule has 0 radical (unpaired) electrons. The van der Waals surface area contributed by atoms with Gasteiger partial charge in [0.25, 0.3) is 0 Å². The molecule has 1 aliphatic rings. The van der Waals surface area contributed by atoms with E-state index in [4.69, 9.17) is 22.0 Å². The van der Waals surface area contributed by atoms with E-state index in [9.17, 15) is 4.79 Å². The fraction of sp³-hybridized carbons (Fsp3) is 0.833. The van der Waals surface area contributed by atoms with Crippen LogP contribution in [0, 0.1) is 5.41 Å². The van der Waals surface area contributed by atoms with Gasteiger partial charge in [-0.2, -0.15) is 0 Å². The maximum atomic E-state index is 10.2. The van der Waals surface area contributed by atoms with Crippen molar-refractivity contribution in [3.8, 4) is 0 Å². The van der Waals surface area contributed by atoms with E-state index >= 15 is 0 Å². The predicted molar refractivity (Wildman–Crippen MR) is 72.5 cm³/mol. The van der Waals surface area contributed by atoms with Gasteiger partial charge < -0.3 is 21.9 Å². The van der Waals surface area contributed by atoms with Gasteiger partial charge in [0.1, 0.15) is 6.04 Å².